The number of hydrogen-bond donors (Lipinski definition) is 2. The van der Waals surface area contributed by atoms with Crippen molar-refractivity contribution in [2.75, 3.05) is 19.4 Å². The van der Waals surface area contributed by atoms with Crippen LogP contribution in [-0.2, 0) is 26.3 Å². The summed E-state index contributed by atoms with van der Waals surface area (Å²) in [5, 5.41) is 9.29. The van der Waals surface area contributed by atoms with Crippen LogP contribution in [0.15, 0.2) is 54.6 Å². The van der Waals surface area contributed by atoms with Crippen LogP contribution in [-0.4, -0.2) is 49.3 Å². The van der Waals surface area contributed by atoms with Gasteiger partial charge >= 0.3 is 0 Å². The zero-order valence-electron chi connectivity index (χ0n) is 18.7. The first-order valence-electron chi connectivity index (χ1n) is 10.4. The van der Waals surface area contributed by atoms with Gasteiger partial charge in [0.15, 0.2) is 0 Å². The van der Waals surface area contributed by atoms with Crippen molar-refractivity contribution < 1.29 is 23.2 Å². The number of rotatable bonds is 13. The van der Waals surface area contributed by atoms with Gasteiger partial charge in [-0.3, -0.25) is 10.0 Å². The van der Waals surface area contributed by atoms with Crippen LogP contribution in [0.4, 0.5) is 0 Å². The summed E-state index contributed by atoms with van der Waals surface area (Å²) in [5.41, 5.74) is 3.41. The van der Waals surface area contributed by atoms with E-state index < -0.39 is 22.0 Å². The number of amides is 1. The molecule has 0 spiro atoms. The van der Waals surface area contributed by atoms with E-state index in [9.17, 15) is 18.4 Å². The molecule has 2 rings (SSSR count). The highest BCUT2D eigenvalue weighted by Gasteiger charge is 2.35. The summed E-state index contributed by atoms with van der Waals surface area (Å²) in [5.74, 6) is 1.02. The summed E-state index contributed by atoms with van der Waals surface area (Å²) in [7, 11) is -2.28. The van der Waals surface area contributed by atoms with Crippen LogP contribution in [0.2, 0.25) is 0 Å². The smallest absolute Gasteiger partial charge is 0.261 e. The molecule has 9 heteroatoms. The predicted molar refractivity (Wildman–Crippen MR) is 128 cm³/mol. The van der Waals surface area contributed by atoms with Crippen molar-refractivity contribution >= 4 is 27.7 Å². The van der Waals surface area contributed by atoms with Gasteiger partial charge in [0.1, 0.15) is 11.8 Å². The second-order valence-corrected chi connectivity index (χ2v) is 10.9. The summed E-state index contributed by atoms with van der Waals surface area (Å²) in [4.78, 5) is 12.5. The Morgan fingerprint density at radius 2 is 1.75 bits per heavy atom. The van der Waals surface area contributed by atoms with Crippen LogP contribution in [0.5, 0.6) is 5.75 Å². The maximum absolute atomic E-state index is 13.3. The number of carbonyl (C=O) groups excluding carboxylic acids is 1. The Labute approximate surface area is 195 Å². The Bertz CT molecular complexity index is 935. The highest BCUT2D eigenvalue weighted by Crippen LogP contribution is 2.22. The first kappa shape index (κ1) is 26.2. The summed E-state index contributed by atoms with van der Waals surface area (Å²) in [6.45, 7) is 3.97. The number of thioether (sulfide) groups is 1. The largest absolute Gasteiger partial charge is 0.497 e. The number of ether oxygens (including phenoxy) is 1. The van der Waals surface area contributed by atoms with Crippen molar-refractivity contribution in [1.82, 2.24) is 9.79 Å². The minimum absolute atomic E-state index is 0.00612. The molecule has 0 aliphatic carbocycles. The van der Waals surface area contributed by atoms with E-state index in [1.807, 2.05) is 44.2 Å². The quantitative estimate of drug-likeness (QED) is 0.258. The van der Waals surface area contributed by atoms with Gasteiger partial charge in [0.25, 0.3) is 5.91 Å². The Kier molecular flexibility index (Phi) is 10.5. The van der Waals surface area contributed by atoms with Crippen molar-refractivity contribution in [1.29, 1.82) is 0 Å². The van der Waals surface area contributed by atoms with Gasteiger partial charge < -0.3 is 4.74 Å². The lowest BCUT2D eigenvalue weighted by Crippen LogP contribution is -2.50. The third-order valence-corrected chi connectivity index (χ3v) is 7.70. The molecule has 2 aromatic rings. The van der Waals surface area contributed by atoms with Crippen molar-refractivity contribution in [3.8, 4) is 5.75 Å². The molecular formula is C23H32N2O5S2. The molecule has 0 unspecified atom stereocenters. The van der Waals surface area contributed by atoms with Gasteiger partial charge in [0.05, 0.1) is 12.9 Å². The number of methoxy groups -OCH3 is 1. The van der Waals surface area contributed by atoms with Gasteiger partial charge in [-0.15, -0.1) is 0 Å². The summed E-state index contributed by atoms with van der Waals surface area (Å²) in [6, 6.07) is 15.7. The molecule has 0 fully saturated rings. The minimum atomic E-state index is -3.82. The standard InChI is InChI=1S/C23H32N2O5S2/c1-18(2)15-25(32(28,29)17-20-9-11-21(30-3)12-10-20)22(23(26)24-27)13-14-31-16-19-7-5-4-6-8-19/h4-12,18,22,27H,13-17H2,1-3H3,(H,24,26)/t22-/m0/s1. The molecule has 176 valence electrons. The van der Waals surface area contributed by atoms with Gasteiger partial charge in [-0.25, -0.2) is 13.9 Å². The molecule has 7 nitrogen and oxygen atoms in total. The molecule has 0 aliphatic heterocycles. The second-order valence-electron chi connectivity index (χ2n) is 7.89. The average Bonchev–Trinajstić information content (AvgIpc) is 2.78. The van der Waals surface area contributed by atoms with Crippen LogP contribution in [0.3, 0.4) is 0 Å². The number of hydroxylamine groups is 1. The fourth-order valence-corrected chi connectivity index (χ4v) is 6.11. The molecule has 2 N–H and O–H groups in total. The lowest BCUT2D eigenvalue weighted by molar-refractivity contribution is -0.133. The van der Waals surface area contributed by atoms with E-state index in [1.165, 1.54) is 4.31 Å². The Morgan fingerprint density at radius 1 is 1.09 bits per heavy atom. The summed E-state index contributed by atoms with van der Waals surface area (Å²) in [6.07, 6.45) is 0.290. The van der Waals surface area contributed by atoms with Gasteiger partial charge in [0, 0.05) is 12.3 Å². The molecule has 0 saturated carbocycles. The maximum Gasteiger partial charge on any atom is 0.261 e. The molecule has 2 aromatic carbocycles. The van der Waals surface area contributed by atoms with Crippen LogP contribution in [0.25, 0.3) is 0 Å². The lowest BCUT2D eigenvalue weighted by Gasteiger charge is -2.31. The molecule has 0 aliphatic rings. The minimum Gasteiger partial charge on any atom is -0.497 e. The molecule has 32 heavy (non-hydrogen) atoms. The Hall–Kier alpha value is -2.07. The van der Waals surface area contributed by atoms with Crippen LogP contribution < -0.4 is 10.2 Å². The summed E-state index contributed by atoms with van der Waals surface area (Å²) >= 11 is 1.62. The number of nitrogens with zero attached hydrogens (tertiary/aromatic N) is 1. The first-order valence-corrected chi connectivity index (χ1v) is 13.2. The number of hydrogen-bond acceptors (Lipinski definition) is 6. The van der Waals surface area contributed by atoms with E-state index in [0.717, 1.165) is 11.3 Å². The number of nitrogens with one attached hydrogen (secondary N) is 1. The van der Waals surface area contributed by atoms with Gasteiger partial charge in [0.2, 0.25) is 10.0 Å². The molecule has 0 saturated heterocycles. The molecule has 1 amide bonds. The first-order chi connectivity index (χ1) is 15.3. The highest BCUT2D eigenvalue weighted by atomic mass is 32.2. The van der Waals surface area contributed by atoms with E-state index in [-0.39, 0.29) is 18.2 Å². The number of sulfonamides is 1. The van der Waals surface area contributed by atoms with Crippen LogP contribution in [0.1, 0.15) is 31.4 Å². The third kappa shape index (κ3) is 8.12. The molecule has 0 radical (unpaired) electrons. The van der Waals surface area contributed by atoms with E-state index in [2.05, 4.69) is 0 Å². The molecule has 0 aromatic heterocycles. The van der Waals surface area contributed by atoms with E-state index in [1.54, 1.807) is 48.6 Å². The fraction of sp³-hybridized carbons (Fsp3) is 0.435. The van der Waals surface area contributed by atoms with E-state index in [4.69, 9.17) is 4.74 Å². The van der Waals surface area contributed by atoms with Crippen molar-refractivity contribution in [2.45, 2.75) is 37.8 Å². The lowest BCUT2D eigenvalue weighted by atomic mass is 10.1. The van der Waals surface area contributed by atoms with Gasteiger partial charge in [-0.2, -0.15) is 16.1 Å². The van der Waals surface area contributed by atoms with Crippen LogP contribution in [0, 0.1) is 5.92 Å². The number of carbonyl (C=O) groups is 1. The average molecular weight is 481 g/mol. The topological polar surface area (TPSA) is 95.9 Å². The Balaban J connectivity index is 2.16. The third-order valence-electron chi connectivity index (χ3n) is 4.82. The van der Waals surface area contributed by atoms with Crippen molar-refractivity contribution in [3.63, 3.8) is 0 Å². The zero-order chi connectivity index (χ0) is 23.6. The second kappa shape index (κ2) is 12.8. The molecule has 0 heterocycles. The van der Waals surface area contributed by atoms with Crippen molar-refractivity contribution in [3.05, 3.63) is 65.7 Å². The monoisotopic (exact) mass is 480 g/mol. The van der Waals surface area contributed by atoms with E-state index in [0.29, 0.717) is 23.5 Å². The number of benzene rings is 2. The SMILES string of the molecule is COc1ccc(CS(=O)(=O)N(CC(C)C)[C@@H](CCSCc2ccccc2)C(=O)NO)cc1. The molecular weight excluding hydrogens is 448 g/mol. The zero-order valence-corrected chi connectivity index (χ0v) is 20.4. The molecule has 1 atom stereocenters. The maximum atomic E-state index is 13.3. The van der Waals surface area contributed by atoms with Gasteiger partial charge in [-0.1, -0.05) is 56.3 Å². The van der Waals surface area contributed by atoms with Crippen LogP contribution >= 0.6 is 11.8 Å². The normalized spacial score (nSPS) is 12.7. The Morgan fingerprint density at radius 3 is 2.31 bits per heavy atom. The highest BCUT2D eigenvalue weighted by molar-refractivity contribution is 7.98. The molecule has 0 bridgehead atoms. The summed E-state index contributed by atoms with van der Waals surface area (Å²) < 4.78 is 33.0. The van der Waals surface area contributed by atoms with Crippen molar-refractivity contribution in [2.24, 2.45) is 5.92 Å². The fourth-order valence-electron chi connectivity index (χ4n) is 3.25. The van der Waals surface area contributed by atoms with Gasteiger partial charge in [-0.05, 0) is 41.4 Å². The predicted octanol–water partition coefficient (Wildman–Crippen LogP) is 3.68. The van der Waals surface area contributed by atoms with E-state index >= 15 is 0 Å².